The van der Waals surface area contributed by atoms with Crippen LogP contribution in [0.1, 0.15) is 13.3 Å². The van der Waals surface area contributed by atoms with E-state index in [9.17, 15) is 9.59 Å². The van der Waals surface area contributed by atoms with E-state index in [-0.39, 0.29) is 30.9 Å². The van der Waals surface area contributed by atoms with Crippen LogP contribution in [0.4, 0.5) is 0 Å². The van der Waals surface area contributed by atoms with Gasteiger partial charge in [-0.25, -0.2) is 0 Å². The van der Waals surface area contributed by atoms with Gasteiger partial charge in [-0.2, -0.15) is 11.8 Å². The molecule has 0 spiro atoms. The molecule has 4 N–H and O–H groups in total. The summed E-state index contributed by atoms with van der Waals surface area (Å²) in [4.78, 5) is 22.1. The second-order valence-corrected chi connectivity index (χ2v) is 4.02. The Bertz CT molecular complexity index is 212. The van der Waals surface area contributed by atoms with E-state index in [0.29, 0.717) is 0 Å². The molecule has 1 atom stereocenters. The highest BCUT2D eigenvalue weighted by molar-refractivity contribution is 7.98. The Balaban J connectivity index is 3.75. The van der Waals surface area contributed by atoms with Gasteiger partial charge < -0.3 is 16.4 Å². The summed E-state index contributed by atoms with van der Waals surface area (Å²) < 4.78 is 0. The molecule has 5 nitrogen and oxygen atoms in total. The summed E-state index contributed by atoms with van der Waals surface area (Å²) in [7, 11) is 0. The Hall–Kier alpha value is -0.750. The van der Waals surface area contributed by atoms with Gasteiger partial charge in [-0.05, 0) is 12.7 Å². The Morgan fingerprint density at radius 1 is 1.40 bits per heavy atom. The number of hydrogen-bond donors (Lipinski definition) is 3. The second-order valence-electron chi connectivity index (χ2n) is 3.11. The first-order chi connectivity index (χ1) is 7.13. The van der Waals surface area contributed by atoms with Gasteiger partial charge in [-0.3, -0.25) is 9.59 Å². The summed E-state index contributed by atoms with van der Waals surface area (Å²) in [6.07, 6.45) is 2.88. The molecule has 15 heavy (non-hydrogen) atoms. The highest BCUT2D eigenvalue weighted by atomic mass is 32.2. The molecule has 0 rings (SSSR count). The van der Waals surface area contributed by atoms with Crippen molar-refractivity contribution in [2.24, 2.45) is 5.73 Å². The fourth-order valence-corrected chi connectivity index (χ4v) is 1.71. The maximum Gasteiger partial charge on any atom is 0.239 e. The topological polar surface area (TPSA) is 84.2 Å². The van der Waals surface area contributed by atoms with Gasteiger partial charge in [0.15, 0.2) is 0 Å². The smallest absolute Gasteiger partial charge is 0.239 e. The number of carbonyl (C=O) groups is 2. The minimum Gasteiger partial charge on any atom is -0.351 e. The van der Waals surface area contributed by atoms with Crippen LogP contribution in [0.2, 0.25) is 0 Å². The predicted octanol–water partition coefficient (Wildman–Crippen LogP) is -0.681. The average molecular weight is 233 g/mol. The summed E-state index contributed by atoms with van der Waals surface area (Å²) in [5.74, 6) is 0.397. The number of nitrogens with two attached hydrogens (primary N) is 1. The molecule has 0 aliphatic carbocycles. The van der Waals surface area contributed by atoms with Crippen LogP contribution in [0.15, 0.2) is 0 Å². The first-order valence-corrected chi connectivity index (χ1v) is 6.28. The van der Waals surface area contributed by atoms with Crippen molar-refractivity contribution < 1.29 is 9.59 Å². The molecule has 0 heterocycles. The van der Waals surface area contributed by atoms with Crippen LogP contribution in [0.25, 0.3) is 0 Å². The highest BCUT2D eigenvalue weighted by Crippen LogP contribution is 2.00. The lowest BCUT2D eigenvalue weighted by molar-refractivity contribution is -0.125. The van der Waals surface area contributed by atoms with Gasteiger partial charge in [0.05, 0.1) is 13.1 Å². The molecular formula is C9H19N3O2S. The van der Waals surface area contributed by atoms with Crippen LogP contribution in [-0.2, 0) is 9.59 Å². The molecule has 0 saturated carbocycles. The molecule has 0 fully saturated rings. The third kappa shape index (κ3) is 7.21. The summed E-state index contributed by atoms with van der Waals surface area (Å²) in [5, 5.41) is 5.25. The molecule has 1 unspecified atom stereocenters. The second kappa shape index (κ2) is 8.55. The molecule has 0 aromatic carbocycles. The van der Waals surface area contributed by atoms with Gasteiger partial charge in [0.2, 0.25) is 11.8 Å². The Morgan fingerprint density at radius 3 is 2.53 bits per heavy atom. The Morgan fingerprint density at radius 2 is 2.07 bits per heavy atom. The third-order valence-electron chi connectivity index (χ3n) is 1.86. The normalized spacial score (nSPS) is 11.9. The Kier molecular flexibility index (Phi) is 8.12. The van der Waals surface area contributed by atoms with Crippen LogP contribution < -0.4 is 16.4 Å². The quantitative estimate of drug-likeness (QED) is 0.544. The van der Waals surface area contributed by atoms with Gasteiger partial charge in [0.25, 0.3) is 0 Å². The molecular weight excluding hydrogens is 214 g/mol. The van der Waals surface area contributed by atoms with E-state index < -0.39 is 0 Å². The third-order valence-corrected chi connectivity index (χ3v) is 2.59. The lowest BCUT2D eigenvalue weighted by Crippen LogP contribution is -2.44. The lowest BCUT2D eigenvalue weighted by Gasteiger charge is -2.15. The number of nitrogens with one attached hydrogen (secondary N) is 2. The van der Waals surface area contributed by atoms with Crippen molar-refractivity contribution in [2.45, 2.75) is 19.4 Å². The zero-order chi connectivity index (χ0) is 11.7. The summed E-state index contributed by atoms with van der Waals surface area (Å²) >= 11 is 1.68. The van der Waals surface area contributed by atoms with Gasteiger partial charge in [-0.15, -0.1) is 0 Å². The van der Waals surface area contributed by atoms with Gasteiger partial charge in [-0.1, -0.05) is 6.92 Å². The summed E-state index contributed by atoms with van der Waals surface area (Å²) in [6, 6.07) is 0.169. The predicted molar refractivity (Wildman–Crippen MR) is 62.7 cm³/mol. The molecule has 0 radical (unpaired) electrons. The monoisotopic (exact) mass is 233 g/mol. The fraction of sp³-hybridized carbons (Fsp3) is 0.778. The van der Waals surface area contributed by atoms with Gasteiger partial charge >= 0.3 is 0 Å². The zero-order valence-corrected chi connectivity index (χ0v) is 10.0. The molecule has 0 aliphatic heterocycles. The van der Waals surface area contributed by atoms with Crippen molar-refractivity contribution in [3.05, 3.63) is 0 Å². The van der Waals surface area contributed by atoms with E-state index in [4.69, 9.17) is 5.73 Å². The maximum absolute atomic E-state index is 11.3. The van der Waals surface area contributed by atoms with E-state index in [2.05, 4.69) is 10.6 Å². The van der Waals surface area contributed by atoms with Crippen molar-refractivity contribution in [1.29, 1.82) is 0 Å². The van der Waals surface area contributed by atoms with Crippen LogP contribution in [0.5, 0.6) is 0 Å². The van der Waals surface area contributed by atoms with Gasteiger partial charge in [0, 0.05) is 11.8 Å². The summed E-state index contributed by atoms with van der Waals surface area (Å²) in [6.45, 7) is 1.93. The largest absolute Gasteiger partial charge is 0.351 e. The Labute approximate surface area is 94.5 Å². The average Bonchev–Trinajstić information content (AvgIpc) is 2.25. The van der Waals surface area contributed by atoms with Crippen LogP contribution in [0.3, 0.4) is 0 Å². The first kappa shape index (κ1) is 14.2. The lowest BCUT2D eigenvalue weighted by atomic mass is 10.2. The number of thioether (sulfide) groups is 1. The fourth-order valence-electron chi connectivity index (χ4n) is 0.992. The van der Waals surface area contributed by atoms with Crippen molar-refractivity contribution in [1.82, 2.24) is 10.6 Å². The minimum absolute atomic E-state index is 0.000907. The zero-order valence-electron chi connectivity index (χ0n) is 9.21. The molecule has 0 aromatic heterocycles. The summed E-state index contributed by atoms with van der Waals surface area (Å²) in [5.41, 5.74) is 5.09. The van der Waals surface area contributed by atoms with Crippen LogP contribution in [-0.4, -0.2) is 43.0 Å². The van der Waals surface area contributed by atoms with Crippen molar-refractivity contribution in [3.8, 4) is 0 Å². The van der Waals surface area contributed by atoms with Crippen molar-refractivity contribution in [2.75, 3.05) is 25.1 Å². The molecule has 6 heteroatoms. The highest BCUT2D eigenvalue weighted by Gasteiger charge is 2.09. The van der Waals surface area contributed by atoms with E-state index in [0.717, 1.165) is 12.2 Å². The standard InChI is InChI=1S/C9H19N3O2S/c1-3-7(6-15-2)12-9(14)5-11-8(13)4-10/h7H,3-6,10H2,1-2H3,(H,11,13)(H,12,14). The maximum atomic E-state index is 11.3. The van der Waals surface area contributed by atoms with E-state index in [1.165, 1.54) is 0 Å². The van der Waals surface area contributed by atoms with Crippen molar-refractivity contribution >= 4 is 23.6 Å². The molecule has 0 aliphatic rings. The molecule has 0 bridgehead atoms. The van der Waals surface area contributed by atoms with Crippen LogP contribution in [0, 0.1) is 0 Å². The van der Waals surface area contributed by atoms with Crippen molar-refractivity contribution in [3.63, 3.8) is 0 Å². The number of hydrogen-bond acceptors (Lipinski definition) is 4. The van der Waals surface area contributed by atoms with E-state index >= 15 is 0 Å². The van der Waals surface area contributed by atoms with Crippen LogP contribution >= 0.6 is 11.8 Å². The number of amides is 2. The molecule has 0 aromatic rings. The molecule has 2 amide bonds. The first-order valence-electron chi connectivity index (χ1n) is 4.89. The number of rotatable bonds is 7. The van der Waals surface area contributed by atoms with E-state index in [1.54, 1.807) is 11.8 Å². The molecule has 88 valence electrons. The molecule has 0 saturated heterocycles. The minimum atomic E-state index is -0.317. The van der Waals surface area contributed by atoms with E-state index in [1.807, 2.05) is 13.2 Å². The van der Waals surface area contributed by atoms with Gasteiger partial charge in [0.1, 0.15) is 0 Å². The number of carbonyl (C=O) groups excluding carboxylic acids is 2. The SMILES string of the molecule is CCC(CSC)NC(=O)CNC(=O)CN.